The van der Waals surface area contributed by atoms with E-state index in [1.54, 1.807) is 61.5 Å². The fourth-order valence-corrected chi connectivity index (χ4v) is 1.88. The third-order valence-corrected chi connectivity index (χ3v) is 3.07. The van der Waals surface area contributed by atoms with Gasteiger partial charge in [0.2, 0.25) is 0 Å². The number of benzene rings is 2. The smallest absolute Gasteiger partial charge is 0.267 e. The summed E-state index contributed by atoms with van der Waals surface area (Å²) >= 11 is 5.82. The summed E-state index contributed by atoms with van der Waals surface area (Å²) < 4.78 is 13.4. The van der Waals surface area contributed by atoms with Gasteiger partial charge in [-0.2, -0.15) is 5.10 Å². The van der Waals surface area contributed by atoms with Gasteiger partial charge in [0.1, 0.15) is 5.82 Å². The van der Waals surface area contributed by atoms with E-state index in [0.29, 0.717) is 21.9 Å². The monoisotopic (exact) mass is 316 g/mol. The molecule has 2 aromatic rings. The van der Waals surface area contributed by atoms with Gasteiger partial charge in [-0.1, -0.05) is 41.9 Å². The lowest BCUT2D eigenvalue weighted by Crippen LogP contribution is -2.18. The second kappa shape index (κ2) is 7.52. The van der Waals surface area contributed by atoms with E-state index in [4.69, 9.17) is 11.6 Å². The van der Waals surface area contributed by atoms with Gasteiger partial charge in [-0.05, 0) is 37.3 Å². The summed E-state index contributed by atoms with van der Waals surface area (Å²) in [6.45, 7) is 1.70. The first-order chi connectivity index (χ1) is 10.6. The van der Waals surface area contributed by atoms with Gasteiger partial charge in [0.15, 0.2) is 0 Å². The first-order valence-electron chi connectivity index (χ1n) is 6.59. The maximum absolute atomic E-state index is 13.4. The zero-order valence-corrected chi connectivity index (χ0v) is 12.6. The zero-order chi connectivity index (χ0) is 15.9. The molecular weight excluding hydrogens is 303 g/mol. The molecule has 2 rings (SSSR count). The van der Waals surface area contributed by atoms with Gasteiger partial charge in [-0.15, -0.1) is 0 Å². The Morgan fingerprint density at radius 3 is 2.73 bits per heavy atom. The van der Waals surface area contributed by atoms with Crippen LogP contribution in [0.15, 0.2) is 59.7 Å². The fourth-order valence-electron chi connectivity index (χ4n) is 1.69. The van der Waals surface area contributed by atoms with E-state index >= 15 is 0 Å². The van der Waals surface area contributed by atoms with Crippen LogP contribution < -0.4 is 5.43 Å². The highest BCUT2D eigenvalue weighted by Crippen LogP contribution is 2.10. The molecule has 0 saturated heterocycles. The summed E-state index contributed by atoms with van der Waals surface area (Å²) in [5, 5.41) is 4.42. The van der Waals surface area contributed by atoms with Crippen LogP contribution in [0.3, 0.4) is 0 Å². The number of allylic oxidation sites excluding steroid dienone is 1. The second-order valence-corrected chi connectivity index (χ2v) is 5.00. The Bertz CT molecular complexity index is 741. The fraction of sp³-hybridized carbons (Fsp3) is 0.0588. The van der Waals surface area contributed by atoms with Gasteiger partial charge < -0.3 is 0 Å². The third-order valence-electron chi connectivity index (χ3n) is 2.83. The zero-order valence-electron chi connectivity index (χ0n) is 11.9. The van der Waals surface area contributed by atoms with Crippen LogP contribution in [-0.2, 0) is 0 Å². The van der Waals surface area contributed by atoms with Crippen molar-refractivity contribution in [2.45, 2.75) is 6.92 Å². The van der Waals surface area contributed by atoms with E-state index in [0.717, 1.165) is 0 Å². The van der Waals surface area contributed by atoms with Crippen LogP contribution in [-0.4, -0.2) is 11.6 Å². The molecule has 0 aliphatic rings. The quantitative estimate of drug-likeness (QED) is 0.663. The van der Waals surface area contributed by atoms with Crippen molar-refractivity contribution in [3.05, 3.63) is 76.6 Å². The number of hydrazone groups is 1. The summed E-state index contributed by atoms with van der Waals surface area (Å²) in [6.07, 6.45) is 3.22. The van der Waals surface area contributed by atoms with Crippen molar-refractivity contribution >= 4 is 29.3 Å². The summed E-state index contributed by atoms with van der Waals surface area (Å²) in [4.78, 5) is 11.9. The number of amides is 1. The Hall–Kier alpha value is -2.46. The molecule has 5 heteroatoms. The number of nitrogens with zero attached hydrogens (tertiary/aromatic N) is 1. The molecule has 0 fully saturated rings. The second-order valence-electron chi connectivity index (χ2n) is 4.56. The van der Waals surface area contributed by atoms with Gasteiger partial charge in [-0.3, -0.25) is 4.79 Å². The maximum Gasteiger partial charge on any atom is 0.271 e. The molecule has 0 aliphatic heterocycles. The Morgan fingerprint density at radius 1 is 1.23 bits per heavy atom. The van der Waals surface area contributed by atoms with Crippen LogP contribution >= 0.6 is 11.6 Å². The number of hydrogen-bond donors (Lipinski definition) is 1. The Morgan fingerprint density at radius 2 is 2.00 bits per heavy atom. The highest BCUT2D eigenvalue weighted by Gasteiger charge is 2.04. The van der Waals surface area contributed by atoms with Crippen LogP contribution in [0.1, 0.15) is 22.8 Å². The Kier molecular flexibility index (Phi) is 5.44. The lowest BCUT2D eigenvalue weighted by atomic mass is 10.2. The SMILES string of the molecule is CC(/C=C/c1ccccc1F)=N\NC(=O)c1cccc(Cl)c1. The molecular formula is C17H14ClFN2O. The van der Waals surface area contributed by atoms with Gasteiger partial charge in [0, 0.05) is 16.1 Å². The summed E-state index contributed by atoms with van der Waals surface area (Å²) in [7, 11) is 0. The van der Waals surface area contributed by atoms with E-state index in [2.05, 4.69) is 10.5 Å². The standard InChI is InChI=1S/C17H14ClFN2O/c1-12(9-10-13-5-2-3-8-16(13)19)20-21-17(22)14-6-4-7-15(18)11-14/h2-11H,1H3,(H,21,22)/b10-9+,20-12+. The number of nitrogens with one attached hydrogen (secondary N) is 1. The van der Waals surface area contributed by atoms with Crippen LogP contribution in [0.4, 0.5) is 4.39 Å². The highest BCUT2D eigenvalue weighted by molar-refractivity contribution is 6.30. The number of halogens is 2. The van der Waals surface area contributed by atoms with Gasteiger partial charge in [0.25, 0.3) is 5.91 Å². The van der Waals surface area contributed by atoms with Crippen LogP contribution in [0, 0.1) is 5.82 Å². The van der Waals surface area contributed by atoms with Crippen LogP contribution in [0.2, 0.25) is 5.02 Å². The third kappa shape index (κ3) is 4.53. The van der Waals surface area contributed by atoms with E-state index < -0.39 is 0 Å². The average Bonchev–Trinajstić information content (AvgIpc) is 2.52. The average molecular weight is 317 g/mol. The molecule has 0 radical (unpaired) electrons. The molecule has 1 N–H and O–H groups in total. The van der Waals surface area contributed by atoms with E-state index in [1.807, 2.05) is 0 Å². The van der Waals surface area contributed by atoms with Gasteiger partial charge in [0.05, 0.1) is 5.71 Å². The number of carbonyl (C=O) groups excluding carboxylic acids is 1. The number of rotatable bonds is 4. The first-order valence-corrected chi connectivity index (χ1v) is 6.97. The number of carbonyl (C=O) groups is 1. The first kappa shape index (κ1) is 15.9. The minimum Gasteiger partial charge on any atom is -0.267 e. The molecule has 0 bridgehead atoms. The van der Waals surface area contributed by atoms with Crippen molar-refractivity contribution in [1.82, 2.24) is 5.43 Å². The lowest BCUT2D eigenvalue weighted by molar-refractivity contribution is 0.0955. The molecule has 0 aliphatic carbocycles. The van der Waals surface area contributed by atoms with Crippen LogP contribution in [0.5, 0.6) is 0 Å². The summed E-state index contributed by atoms with van der Waals surface area (Å²) in [6, 6.07) is 13.0. The number of hydrogen-bond acceptors (Lipinski definition) is 2. The molecule has 0 unspecified atom stereocenters. The Balaban J connectivity index is 2.01. The predicted octanol–water partition coefficient (Wildman–Crippen LogP) is 4.30. The van der Waals surface area contributed by atoms with Crippen LogP contribution in [0.25, 0.3) is 6.08 Å². The molecule has 0 aromatic heterocycles. The van der Waals surface area contributed by atoms with Gasteiger partial charge in [-0.25, -0.2) is 9.82 Å². The molecule has 3 nitrogen and oxygen atoms in total. The minimum absolute atomic E-state index is 0.311. The molecule has 0 atom stereocenters. The lowest BCUT2D eigenvalue weighted by Gasteiger charge is -2.01. The largest absolute Gasteiger partial charge is 0.271 e. The van der Waals surface area contributed by atoms with Crippen molar-refractivity contribution in [1.29, 1.82) is 0 Å². The minimum atomic E-state index is -0.360. The summed E-state index contributed by atoms with van der Waals surface area (Å²) in [5.41, 5.74) is 3.84. The van der Waals surface area contributed by atoms with E-state index in [1.165, 1.54) is 6.07 Å². The molecule has 0 heterocycles. The van der Waals surface area contributed by atoms with Gasteiger partial charge >= 0.3 is 0 Å². The maximum atomic E-state index is 13.4. The predicted molar refractivity (Wildman–Crippen MR) is 87.5 cm³/mol. The topological polar surface area (TPSA) is 41.5 Å². The molecule has 22 heavy (non-hydrogen) atoms. The molecule has 112 valence electrons. The van der Waals surface area contributed by atoms with E-state index in [-0.39, 0.29) is 11.7 Å². The Labute approximate surface area is 133 Å². The van der Waals surface area contributed by atoms with Crippen molar-refractivity contribution < 1.29 is 9.18 Å². The normalized spacial score (nSPS) is 11.7. The summed E-state index contributed by atoms with van der Waals surface area (Å²) in [5.74, 6) is -0.671. The van der Waals surface area contributed by atoms with Crippen molar-refractivity contribution in [3.8, 4) is 0 Å². The molecule has 0 saturated carbocycles. The van der Waals surface area contributed by atoms with E-state index in [9.17, 15) is 9.18 Å². The molecule has 2 aromatic carbocycles. The van der Waals surface area contributed by atoms with Crippen molar-refractivity contribution in [3.63, 3.8) is 0 Å². The highest BCUT2D eigenvalue weighted by atomic mass is 35.5. The van der Waals surface area contributed by atoms with Crippen molar-refractivity contribution in [2.24, 2.45) is 5.10 Å². The van der Waals surface area contributed by atoms with Crippen molar-refractivity contribution in [2.75, 3.05) is 0 Å². The molecule has 0 spiro atoms. The molecule has 1 amide bonds.